The van der Waals surface area contributed by atoms with Crippen LogP contribution < -0.4 is 10.6 Å². The maximum Gasteiger partial charge on any atom is 0.408 e. The maximum absolute atomic E-state index is 13.0. The van der Waals surface area contributed by atoms with Crippen LogP contribution >= 0.6 is 0 Å². The Hall–Kier alpha value is -2.12. The van der Waals surface area contributed by atoms with Crippen molar-refractivity contribution in [2.24, 2.45) is 5.92 Å². The number of hydrogen-bond donors (Lipinski definition) is 2. The average molecular weight is 346 g/mol. The van der Waals surface area contributed by atoms with Crippen molar-refractivity contribution in [2.75, 3.05) is 6.54 Å². The summed E-state index contributed by atoms with van der Waals surface area (Å²) in [6, 6.07) is 2.41. The predicted octanol–water partition coefficient (Wildman–Crippen LogP) is 2.25. The van der Waals surface area contributed by atoms with E-state index < -0.39 is 30.0 Å². The number of amides is 2. The summed E-state index contributed by atoms with van der Waals surface area (Å²) in [4.78, 5) is 23.7. The summed E-state index contributed by atoms with van der Waals surface area (Å²) in [5.41, 5.74) is 1.59. The summed E-state index contributed by atoms with van der Waals surface area (Å²) < 4.78 is 50.7. The van der Waals surface area contributed by atoms with Gasteiger partial charge in [0.2, 0.25) is 11.8 Å². The Morgan fingerprint density at radius 3 is 2.62 bits per heavy atom. The topological polar surface area (TPSA) is 58.2 Å². The van der Waals surface area contributed by atoms with E-state index in [1.807, 2.05) is 5.32 Å². The summed E-state index contributed by atoms with van der Waals surface area (Å²) in [6.07, 6.45) is -4.52. The Balaban J connectivity index is 1.84. The van der Waals surface area contributed by atoms with Gasteiger partial charge in [-0.15, -0.1) is 0 Å². The summed E-state index contributed by atoms with van der Waals surface area (Å²) in [5.74, 6) is -2.96. The fraction of sp³-hybridized carbons (Fsp3) is 0.500. The number of benzene rings is 1. The number of rotatable bonds is 4. The predicted molar refractivity (Wildman–Crippen MR) is 78.6 cm³/mol. The molecule has 2 amide bonds. The van der Waals surface area contributed by atoms with Gasteiger partial charge in [-0.05, 0) is 49.4 Å². The molecule has 2 rings (SSSR count). The fourth-order valence-corrected chi connectivity index (χ4v) is 2.69. The Morgan fingerprint density at radius 2 is 2.04 bits per heavy atom. The van der Waals surface area contributed by atoms with Gasteiger partial charge in [0, 0.05) is 6.54 Å². The van der Waals surface area contributed by atoms with Crippen LogP contribution in [0.4, 0.5) is 17.6 Å². The number of nitrogens with one attached hydrogen (secondary N) is 2. The number of piperidine rings is 1. The zero-order chi connectivity index (χ0) is 17.9. The highest BCUT2D eigenvalue weighted by Crippen LogP contribution is 2.28. The second kappa shape index (κ2) is 7.19. The Labute approximate surface area is 136 Å². The highest BCUT2D eigenvalue weighted by Gasteiger charge is 2.45. The van der Waals surface area contributed by atoms with Gasteiger partial charge in [0.1, 0.15) is 17.8 Å². The molecule has 24 heavy (non-hydrogen) atoms. The van der Waals surface area contributed by atoms with Crippen molar-refractivity contribution in [2.45, 2.75) is 38.4 Å². The van der Waals surface area contributed by atoms with Crippen LogP contribution in [0.15, 0.2) is 18.2 Å². The third-order valence-corrected chi connectivity index (χ3v) is 4.09. The van der Waals surface area contributed by atoms with Gasteiger partial charge in [-0.3, -0.25) is 9.59 Å². The molecule has 2 atom stereocenters. The highest BCUT2D eigenvalue weighted by molar-refractivity contribution is 6.00. The van der Waals surface area contributed by atoms with E-state index in [-0.39, 0.29) is 25.2 Å². The minimum Gasteiger partial charge on any atom is -0.355 e. The van der Waals surface area contributed by atoms with Crippen LogP contribution in [0.5, 0.6) is 0 Å². The van der Waals surface area contributed by atoms with Crippen LogP contribution in [0.1, 0.15) is 24.0 Å². The van der Waals surface area contributed by atoms with E-state index in [0.717, 1.165) is 11.1 Å². The normalized spacial score (nSPS) is 21.3. The van der Waals surface area contributed by atoms with Crippen molar-refractivity contribution in [3.63, 3.8) is 0 Å². The fourth-order valence-electron chi connectivity index (χ4n) is 2.69. The van der Waals surface area contributed by atoms with Crippen molar-refractivity contribution < 1.29 is 27.2 Å². The van der Waals surface area contributed by atoms with Crippen LogP contribution in [-0.2, 0) is 16.0 Å². The van der Waals surface area contributed by atoms with E-state index in [1.54, 1.807) is 13.0 Å². The first-order chi connectivity index (χ1) is 11.2. The van der Waals surface area contributed by atoms with Crippen LogP contribution in [0, 0.1) is 18.7 Å². The molecule has 0 unspecified atom stereocenters. The third-order valence-electron chi connectivity index (χ3n) is 4.09. The molecule has 1 aromatic rings. The zero-order valence-electron chi connectivity index (χ0n) is 13.0. The minimum absolute atomic E-state index is 0.141. The van der Waals surface area contributed by atoms with Crippen LogP contribution in [0.25, 0.3) is 0 Å². The van der Waals surface area contributed by atoms with Gasteiger partial charge in [-0.1, -0.05) is 6.07 Å². The van der Waals surface area contributed by atoms with E-state index in [1.165, 1.54) is 12.1 Å². The quantitative estimate of drug-likeness (QED) is 0.649. The SMILES string of the molecule is Cc1cc(F)ccc1CCNC(=O)[C@H]1CC[C@H](C(F)(F)F)NC1=O. The first-order valence-corrected chi connectivity index (χ1v) is 7.58. The Morgan fingerprint density at radius 1 is 1.33 bits per heavy atom. The Kier molecular flexibility index (Phi) is 5.46. The molecule has 1 fully saturated rings. The lowest BCUT2D eigenvalue weighted by Gasteiger charge is -2.29. The van der Waals surface area contributed by atoms with Gasteiger partial charge in [0.05, 0.1) is 0 Å². The third kappa shape index (κ3) is 4.46. The van der Waals surface area contributed by atoms with Crippen molar-refractivity contribution in [1.29, 1.82) is 0 Å². The summed E-state index contributed by atoms with van der Waals surface area (Å²) in [7, 11) is 0. The van der Waals surface area contributed by atoms with Gasteiger partial charge in [0.25, 0.3) is 0 Å². The largest absolute Gasteiger partial charge is 0.408 e. The summed E-state index contributed by atoms with van der Waals surface area (Å²) >= 11 is 0. The zero-order valence-corrected chi connectivity index (χ0v) is 13.0. The first kappa shape index (κ1) is 18.2. The molecular formula is C16H18F4N2O2. The lowest BCUT2D eigenvalue weighted by molar-refractivity contribution is -0.171. The number of halogens is 4. The second-order valence-electron chi connectivity index (χ2n) is 5.84. The molecule has 0 aliphatic carbocycles. The number of hydrogen-bond acceptors (Lipinski definition) is 2. The summed E-state index contributed by atoms with van der Waals surface area (Å²) in [6.45, 7) is 1.96. The van der Waals surface area contributed by atoms with E-state index in [2.05, 4.69) is 5.32 Å². The van der Waals surface area contributed by atoms with E-state index in [0.29, 0.717) is 6.42 Å². The average Bonchev–Trinajstić information content (AvgIpc) is 2.48. The van der Waals surface area contributed by atoms with E-state index in [9.17, 15) is 27.2 Å². The number of carbonyl (C=O) groups is 2. The van der Waals surface area contributed by atoms with E-state index in [4.69, 9.17) is 0 Å². The molecule has 2 N–H and O–H groups in total. The minimum atomic E-state index is -4.50. The smallest absolute Gasteiger partial charge is 0.355 e. The molecule has 0 bridgehead atoms. The lowest BCUT2D eigenvalue weighted by Crippen LogP contribution is -2.54. The monoisotopic (exact) mass is 346 g/mol. The molecule has 0 aromatic heterocycles. The molecule has 1 aromatic carbocycles. The van der Waals surface area contributed by atoms with Gasteiger partial charge in [-0.2, -0.15) is 13.2 Å². The van der Waals surface area contributed by atoms with Gasteiger partial charge in [-0.25, -0.2) is 4.39 Å². The van der Waals surface area contributed by atoms with Crippen molar-refractivity contribution in [3.05, 3.63) is 35.1 Å². The molecule has 0 saturated carbocycles. The second-order valence-corrected chi connectivity index (χ2v) is 5.84. The van der Waals surface area contributed by atoms with Crippen LogP contribution in [0.3, 0.4) is 0 Å². The van der Waals surface area contributed by atoms with Crippen LogP contribution in [-0.4, -0.2) is 30.6 Å². The number of aryl methyl sites for hydroxylation is 1. The van der Waals surface area contributed by atoms with E-state index >= 15 is 0 Å². The Bertz CT molecular complexity index is 631. The van der Waals surface area contributed by atoms with Crippen LogP contribution in [0.2, 0.25) is 0 Å². The highest BCUT2D eigenvalue weighted by atomic mass is 19.4. The summed E-state index contributed by atoms with van der Waals surface area (Å²) in [5, 5.41) is 4.40. The van der Waals surface area contributed by atoms with Crippen molar-refractivity contribution in [1.82, 2.24) is 10.6 Å². The molecule has 0 spiro atoms. The van der Waals surface area contributed by atoms with Gasteiger partial charge in [0.15, 0.2) is 0 Å². The first-order valence-electron chi connectivity index (χ1n) is 7.58. The maximum atomic E-state index is 13.0. The van der Waals surface area contributed by atoms with Crippen molar-refractivity contribution in [3.8, 4) is 0 Å². The standard InChI is InChI=1S/C16H18F4N2O2/c1-9-8-11(17)3-2-10(9)6-7-21-14(23)12-4-5-13(16(18,19)20)22-15(12)24/h2-3,8,12-13H,4-7H2,1H3,(H,21,23)(H,22,24)/t12-,13-/m1/s1. The van der Waals surface area contributed by atoms with Crippen molar-refractivity contribution >= 4 is 11.8 Å². The molecule has 1 aliphatic rings. The molecule has 1 heterocycles. The molecule has 1 aliphatic heterocycles. The molecule has 4 nitrogen and oxygen atoms in total. The molecule has 1 saturated heterocycles. The molecule has 8 heteroatoms. The molecule has 0 radical (unpaired) electrons. The number of carbonyl (C=O) groups excluding carboxylic acids is 2. The molecular weight excluding hydrogens is 328 g/mol. The molecule has 132 valence electrons. The number of alkyl halides is 3. The van der Waals surface area contributed by atoms with Gasteiger partial charge >= 0.3 is 6.18 Å². The lowest BCUT2D eigenvalue weighted by atomic mass is 9.92. The van der Waals surface area contributed by atoms with Gasteiger partial charge < -0.3 is 10.6 Å².